The van der Waals surface area contributed by atoms with Crippen LogP contribution in [0.1, 0.15) is 38.5 Å². The molecule has 0 bridgehead atoms. The molecule has 0 heterocycles. The van der Waals surface area contributed by atoms with Crippen molar-refractivity contribution < 1.29 is 39.0 Å². The van der Waals surface area contributed by atoms with Gasteiger partial charge in [-0.1, -0.05) is 6.42 Å². The van der Waals surface area contributed by atoms with Crippen LogP contribution >= 0.6 is 0 Å². The maximum atomic E-state index is 12.6. The molecule has 0 aromatic carbocycles. The molecule has 0 aromatic rings. The summed E-state index contributed by atoms with van der Waals surface area (Å²) in [6, 6.07) is -5.59. The Balaban J connectivity index is 5.25. The smallest absolute Gasteiger partial charge is 0.326 e. The number of rotatable bonds is 17. The van der Waals surface area contributed by atoms with Crippen LogP contribution in [0.3, 0.4) is 0 Å². The maximum absolute atomic E-state index is 12.6. The fourth-order valence-electron chi connectivity index (χ4n) is 2.61. The second-order valence-electron chi connectivity index (χ2n) is 7.27. The van der Waals surface area contributed by atoms with Gasteiger partial charge in [-0.05, 0) is 25.8 Å². The molecule has 33 heavy (non-hydrogen) atoms. The molecule has 0 saturated heterocycles. The largest absolute Gasteiger partial charge is 0.480 e. The van der Waals surface area contributed by atoms with Crippen LogP contribution in [0, 0.1) is 0 Å². The number of unbranched alkanes of at least 4 members (excludes halogenated alkanes) is 1. The average molecular weight is 476 g/mol. The lowest BCUT2D eigenvalue weighted by molar-refractivity contribution is -0.144. The summed E-state index contributed by atoms with van der Waals surface area (Å²) in [5, 5.41) is 25.0. The van der Waals surface area contributed by atoms with Gasteiger partial charge < -0.3 is 49.1 Å². The van der Waals surface area contributed by atoms with Gasteiger partial charge in [0.25, 0.3) is 0 Å². The quantitative estimate of drug-likeness (QED) is 0.0903. The lowest BCUT2D eigenvalue weighted by Gasteiger charge is -2.24. The Morgan fingerprint density at radius 3 is 1.79 bits per heavy atom. The van der Waals surface area contributed by atoms with Crippen LogP contribution in [-0.4, -0.2) is 83.0 Å². The van der Waals surface area contributed by atoms with Gasteiger partial charge in [-0.15, -0.1) is 0 Å². The number of nitrogens with two attached hydrogens (primary N) is 4. The Morgan fingerprint density at radius 1 is 0.758 bits per heavy atom. The van der Waals surface area contributed by atoms with E-state index in [9.17, 15) is 33.9 Å². The summed E-state index contributed by atoms with van der Waals surface area (Å²) in [5.41, 5.74) is 21.2. The lowest BCUT2D eigenvalue weighted by Crippen LogP contribution is -2.58. The van der Waals surface area contributed by atoms with Crippen molar-refractivity contribution in [1.82, 2.24) is 16.0 Å². The van der Waals surface area contributed by atoms with Crippen molar-refractivity contribution in [3.63, 3.8) is 0 Å². The third kappa shape index (κ3) is 12.4. The fourth-order valence-corrected chi connectivity index (χ4v) is 2.61. The molecule has 188 valence electrons. The van der Waals surface area contributed by atoms with Gasteiger partial charge in [-0.25, -0.2) is 4.79 Å². The number of hydrogen-bond acceptors (Lipinski definition) is 9. The van der Waals surface area contributed by atoms with Gasteiger partial charge in [0, 0.05) is 6.42 Å². The highest BCUT2D eigenvalue weighted by atomic mass is 16.4. The molecule has 15 nitrogen and oxygen atoms in total. The number of carboxylic acids is 1. The molecule has 4 atom stereocenters. The van der Waals surface area contributed by atoms with Crippen LogP contribution < -0.4 is 38.9 Å². The summed E-state index contributed by atoms with van der Waals surface area (Å²) in [4.78, 5) is 70.5. The van der Waals surface area contributed by atoms with Crippen LogP contribution in [0.4, 0.5) is 0 Å². The van der Waals surface area contributed by atoms with Crippen molar-refractivity contribution in [1.29, 1.82) is 0 Å². The van der Waals surface area contributed by atoms with E-state index in [1.54, 1.807) is 0 Å². The SMILES string of the molecule is NCCCC[C@H](N)C(=O)N[C@@H](CCC(N)=O)C(=O)N[C@@H](CO)C(=O)N[C@@H](CC(N)=O)C(=O)O. The van der Waals surface area contributed by atoms with Crippen LogP contribution in [0.2, 0.25) is 0 Å². The number of hydrogen-bond donors (Lipinski definition) is 9. The van der Waals surface area contributed by atoms with E-state index in [1.165, 1.54) is 0 Å². The lowest BCUT2D eigenvalue weighted by atomic mass is 10.1. The van der Waals surface area contributed by atoms with Gasteiger partial charge in [0.1, 0.15) is 18.1 Å². The molecule has 0 aliphatic carbocycles. The predicted molar refractivity (Wildman–Crippen MR) is 114 cm³/mol. The molecule has 0 spiro atoms. The molecule has 5 amide bonds. The van der Waals surface area contributed by atoms with Crippen molar-refractivity contribution in [2.45, 2.75) is 62.7 Å². The summed E-state index contributed by atoms with van der Waals surface area (Å²) in [6.45, 7) is -0.514. The number of aliphatic hydroxyl groups excluding tert-OH is 1. The number of amides is 5. The first-order chi connectivity index (χ1) is 15.4. The first-order valence-corrected chi connectivity index (χ1v) is 10.2. The van der Waals surface area contributed by atoms with E-state index in [4.69, 9.17) is 28.0 Å². The Hall–Kier alpha value is -3.30. The Morgan fingerprint density at radius 2 is 1.30 bits per heavy atom. The highest BCUT2D eigenvalue weighted by Gasteiger charge is 2.30. The molecule has 0 aliphatic rings. The van der Waals surface area contributed by atoms with Crippen molar-refractivity contribution in [3.8, 4) is 0 Å². The third-order valence-corrected chi connectivity index (χ3v) is 4.45. The van der Waals surface area contributed by atoms with E-state index < -0.39 is 72.7 Å². The summed E-state index contributed by atoms with van der Waals surface area (Å²) < 4.78 is 0. The Kier molecular flexibility index (Phi) is 13.9. The van der Waals surface area contributed by atoms with Crippen LogP contribution in [-0.2, 0) is 28.8 Å². The molecule has 13 N–H and O–H groups in total. The highest BCUT2D eigenvalue weighted by Crippen LogP contribution is 2.03. The molecular formula is C18H33N7O8. The number of carboxylic acid groups (broad SMARTS) is 1. The van der Waals surface area contributed by atoms with Crippen molar-refractivity contribution in [3.05, 3.63) is 0 Å². The zero-order valence-electron chi connectivity index (χ0n) is 18.1. The number of carbonyl (C=O) groups excluding carboxylic acids is 5. The minimum absolute atomic E-state index is 0.221. The maximum Gasteiger partial charge on any atom is 0.326 e. The minimum Gasteiger partial charge on any atom is -0.480 e. The molecule has 0 saturated carbocycles. The van der Waals surface area contributed by atoms with Gasteiger partial charge >= 0.3 is 5.97 Å². The van der Waals surface area contributed by atoms with E-state index in [0.29, 0.717) is 25.8 Å². The zero-order valence-corrected chi connectivity index (χ0v) is 18.1. The van der Waals surface area contributed by atoms with Gasteiger partial charge in [-0.3, -0.25) is 24.0 Å². The second-order valence-corrected chi connectivity index (χ2v) is 7.27. The van der Waals surface area contributed by atoms with Crippen LogP contribution in [0.5, 0.6) is 0 Å². The number of aliphatic hydroxyl groups is 1. The molecule has 0 aliphatic heterocycles. The van der Waals surface area contributed by atoms with E-state index in [-0.39, 0.29) is 12.8 Å². The van der Waals surface area contributed by atoms with Crippen LogP contribution in [0.25, 0.3) is 0 Å². The zero-order chi connectivity index (χ0) is 25.6. The first kappa shape index (κ1) is 29.7. The van der Waals surface area contributed by atoms with E-state index >= 15 is 0 Å². The normalized spacial score (nSPS) is 14.3. The van der Waals surface area contributed by atoms with Crippen molar-refractivity contribution in [2.75, 3.05) is 13.2 Å². The predicted octanol–water partition coefficient (Wildman–Crippen LogP) is -4.89. The molecule has 0 rings (SSSR count). The number of carbonyl (C=O) groups is 6. The Bertz CT molecular complexity index is 718. The van der Waals surface area contributed by atoms with Crippen molar-refractivity contribution in [2.24, 2.45) is 22.9 Å². The van der Waals surface area contributed by atoms with E-state index in [2.05, 4.69) is 10.6 Å². The minimum atomic E-state index is -1.68. The monoisotopic (exact) mass is 475 g/mol. The van der Waals surface area contributed by atoms with Gasteiger partial charge in [-0.2, -0.15) is 0 Å². The molecule has 0 radical (unpaired) electrons. The molecule has 15 heteroatoms. The summed E-state index contributed by atoms with van der Waals surface area (Å²) in [5.74, 6) is -6.05. The number of nitrogens with one attached hydrogen (secondary N) is 3. The topological polar surface area (TPSA) is 283 Å². The highest BCUT2D eigenvalue weighted by molar-refractivity contribution is 5.95. The molecule has 0 unspecified atom stereocenters. The third-order valence-electron chi connectivity index (χ3n) is 4.45. The van der Waals surface area contributed by atoms with Crippen molar-refractivity contribution >= 4 is 35.5 Å². The molecule has 0 fully saturated rings. The molecular weight excluding hydrogens is 442 g/mol. The number of aliphatic carboxylic acids is 1. The summed E-state index contributed by atoms with van der Waals surface area (Å²) >= 11 is 0. The second kappa shape index (κ2) is 15.5. The fraction of sp³-hybridized carbons (Fsp3) is 0.667. The van der Waals surface area contributed by atoms with E-state index in [1.807, 2.05) is 5.32 Å². The van der Waals surface area contributed by atoms with Gasteiger partial charge in [0.05, 0.1) is 19.1 Å². The Labute approximate surface area is 190 Å². The summed E-state index contributed by atoms with van der Waals surface area (Å²) in [7, 11) is 0. The van der Waals surface area contributed by atoms with E-state index in [0.717, 1.165) is 0 Å². The van der Waals surface area contributed by atoms with Crippen LogP contribution in [0.15, 0.2) is 0 Å². The standard InChI is InChI=1S/C18H33N7O8/c19-6-2-1-3-9(20)15(29)23-10(4-5-13(21)27)16(30)25-12(8-26)17(31)24-11(18(32)33)7-14(22)28/h9-12,26H,1-8,19-20H2,(H2,21,27)(H2,22,28)(H,23,29)(H,24,31)(H,25,30)(H,32,33)/t9-,10-,11-,12-/m0/s1. The average Bonchev–Trinajstić information content (AvgIpc) is 2.73. The number of primary amides is 2. The molecule has 0 aromatic heterocycles. The van der Waals surface area contributed by atoms with Gasteiger partial charge in [0.15, 0.2) is 0 Å². The first-order valence-electron chi connectivity index (χ1n) is 10.2. The van der Waals surface area contributed by atoms with Gasteiger partial charge in [0.2, 0.25) is 29.5 Å². The summed E-state index contributed by atoms with van der Waals surface area (Å²) in [6.07, 6.45) is 0.300.